The van der Waals surface area contributed by atoms with Crippen LogP contribution < -0.4 is 15.4 Å². The van der Waals surface area contributed by atoms with Gasteiger partial charge in [-0.15, -0.1) is 0 Å². The largest absolute Gasteiger partial charge is 0.452 e. The number of anilines is 2. The molecule has 2 heterocycles. The maximum Gasteiger partial charge on any atom is 0.247 e. The number of nitrogens with zero attached hydrogens (tertiary/aromatic N) is 3. The minimum Gasteiger partial charge on any atom is -0.452 e. The maximum absolute atomic E-state index is 15.2. The van der Waals surface area contributed by atoms with Crippen LogP contribution in [0.1, 0.15) is 12.8 Å². The number of halogens is 3. The van der Waals surface area contributed by atoms with Gasteiger partial charge in [0.15, 0.2) is 17.3 Å². The molecule has 0 atom stereocenters. The summed E-state index contributed by atoms with van der Waals surface area (Å²) in [5.74, 6) is -2.51. The van der Waals surface area contributed by atoms with Crippen LogP contribution in [0.25, 0.3) is 11.0 Å². The first-order valence-electron chi connectivity index (χ1n) is 10.6. The molecule has 0 radical (unpaired) electrons. The third kappa shape index (κ3) is 4.15. The van der Waals surface area contributed by atoms with Gasteiger partial charge in [-0.3, -0.25) is 19.5 Å². The fraction of sp³-hybridized carbons (Fsp3) is 0.120. The van der Waals surface area contributed by atoms with Gasteiger partial charge in [-0.1, -0.05) is 11.6 Å². The summed E-state index contributed by atoms with van der Waals surface area (Å²) in [4.78, 5) is 34.9. The second-order valence-corrected chi connectivity index (χ2v) is 8.55. The van der Waals surface area contributed by atoms with Gasteiger partial charge in [-0.05, 0) is 55.3 Å². The molecule has 0 bridgehead atoms. The van der Waals surface area contributed by atoms with Crippen molar-refractivity contribution < 1.29 is 23.1 Å². The molecule has 1 fully saturated rings. The molecule has 7 nitrogen and oxygen atoms in total. The Morgan fingerprint density at radius 2 is 1.69 bits per heavy atom. The van der Waals surface area contributed by atoms with E-state index in [1.165, 1.54) is 54.9 Å². The highest BCUT2D eigenvalue weighted by atomic mass is 35.5. The summed E-state index contributed by atoms with van der Waals surface area (Å²) in [6.45, 7) is 0. The Kier molecular flexibility index (Phi) is 5.56. The van der Waals surface area contributed by atoms with Gasteiger partial charge < -0.3 is 10.5 Å². The molecule has 35 heavy (non-hydrogen) atoms. The molecular weight excluding hydrogens is 478 g/mol. The van der Waals surface area contributed by atoms with Crippen molar-refractivity contribution in [3.8, 4) is 11.5 Å². The third-order valence-corrected chi connectivity index (χ3v) is 6.03. The van der Waals surface area contributed by atoms with Crippen LogP contribution in [0.15, 0.2) is 67.0 Å². The smallest absolute Gasteiger partial charge is 0.247 e. The molecule has 1 saturated carbocycles. The van der Waals surface area contributed by atoms with E-state index in [0.717, 1.165) is 11.0 Å². The van der Waals surface area contributed by atoms with E-state index in [2.05, 4.69) is 9.97 Å². The number of hydrogen-bond donors (Lipinski definition) is 1. The summed E-state index contributed by atoms with van der Waals surface area (Å²) in [6.07, 6.45) is 3.48. The van der Waals surface area contributed by atoms with E-state index in [1.807, 2.05) is 0 Å². The molecule has 5 rings (SSSR count). The number of carbonyl (C=O) groups is 2. The Morgan fingerprint density at radius 1 is 0.971 bits per heavy atom. The number of benzene rings is 2. The average molecular weight is 495 g/mol. The summed E-state index contributed by atoms with van der Waals surface area (Å²) in [6, 6.07) is 12.1. The summed E-state index contributed by atoms with van der Waals surface area (Å²) >= 11 is 5.96. The van der Waals surface area contributed by atoms with E-state index < -0.39 is 28.9 Å². The minimum absolute atomic E-state index is 0.124. The predicted molar refractivity (Wildman–Crippen MR) is 125 cm³/mol. The second kappa shape index (κ2) is 8.59. The van der Waals surface area contributed by atoms with E-state index in [-0.39, 0.29) is 35.7 Å². The number of pyridine rings is 2. The Labute approximate surface area is 203 Å². The van der Waals surface area contributed by atoms with E-state index >= 15 is 4.39 Å². The highest BCUT2D eigenvalue weighted by molar-refractivity contribution is 6.31. The molecule has 176 valence electrons. The molecule has 0 saturated heterocycles. The monoisotopic (exact) mass is 494 g/mol. The highest BCUT2D eigenvalue weighted by Gasteiger charge is 2.57. The number of nitrogens with two attached hydrogens (primary N) is 1. The van der Waals surface area contributed by atoms with Gasteiger partial charge in [0.05, 0.1) is 16.2 Å². The van der Waals surface area contributed by atoms with Crippen molar-refractivity contribution in [1.82, 2.24) is 9.97 Å². The van der Waals surface area contributed by atoms with Crippen molar-refractivity contribution >= 4 is 45.8 Å². The van der Waals surface area contributed by atoms with Crippen LogP contribution in [0.4, 0.5) is 20.2 Å². The van der Waals surface area contributed by atoms with Gasteiger partial charge >= 0.3 is 0 Å². The zero-order chi connectivity index (χ0) is 24.7. The van der Waals surface area contributed by atoms with E-state index in [1.54, 1.807) is 6.07 Å². The first kappa shape index (κ1) is 22.7. The van der Waals surface area contributed by atoms with Gasteiger partial charge in [-0.25, -0.2) is 13.8 Å². The number of fused-ring (bicyclic) bond motifs is 1. The predicted octanol–water partition coefficient (Wildman–Crippen LogP) is 5.28. The van der Waals surface area contributed by atoms with Crippen LogP contribution >= 0.6 is 11.6 Å². The van der Waals surface area contributed by atoms with Crippen molar-refractivity contribution in [2.24, 2.45) is 11.1 Å². The van der Waals surface area contributed by atoms with E-state index in [4.69, 9.17) is 22.1 Å². The SMILES string of the molecule is NC(=O)C1(C(=O)N(c2ccc(F)cc2)c2ccc(Oc3ccnc4cc(Cl)cnc34)c(F)c2)CC1. The van der Waals surface area contributed by atoms with Crippen molar-refractivity contribution in [2.75, 3.05) is 4.90 Å². The Hall–Kier alpha value is -4.11. The minimum atomic E-state index is -1.37. The number of primary amides is 1. The van der Waals surface area contributed by atoms with Gasteiger partial charge in [0, 0.05) is 30.2 Å². The van der Waals surface area contributed by atoms with Crippen LogP contribution in [-0.4, -0.2) is 21.8 Å². The standard InChI is InChI=1S/C25H17ClF2N4O3/c26-14-11-19-22(31-13-14)21(7-10-30-19)35-20-6-5-17(12-18(20)28)32(16-3-1-15(27)2-4-16)24(34)25(8-9-25)23(29)33/h1-7,10-13H,8-9H2,(H2,29,33). The lowest BCUT2D eigenvalue weighted by Crippen LogP contribution is -2.41. The van der Waals surface area contributed by atoms with Gasteiger partial charge in [0.1, 0.15) is 16.7 Å². The first-order valence-corrected chi connectivity index (χ1v) is 10.9. The second-order valence-electron chi connectivity index (χ2n) is 8.11. The van der Waals surface area contributed by atoms with E-state index in [0.29, 0.717) is 16.1 Å². The molecule has 10 heteroatoms. The van der Waals surface area contributed by atoms with Crippen molar-refractivity contribution in [2.45, 2.75) is 12.8 Å². The Morgan fingerprint density at radius 3 is 2.34 bits per heavy atom. The van der Waals surface area contributed by atoms with Crippen molar-refractivity contribution in [1.29, 1.82) is 0 Å². The number of rotatable bonds is 6. The summed E-state index contributed by atoms with van der Waals surface area (Å²) < 4.78 is 34.5. The van der Waals surface area contributed by atoms with Gasteiger partial charge in [0.2, 0.25) is 11.8 Å². The topological polar surface area (TPSA) is 98.4 Å². The summed E-state index contributed by atoms with van der Waals surface area (Å²) in [5.41, 5.74) is 5.37. The number of amides is 2. The van der Waals surface area contributed by atoms with E-state index in [9.17, 15) is 14.0 Å². The lowest BCUT2D eigenvalue weighted by Gasteiger charge is -2.26. The Bertz CT molecular complexity index is 1480. The molecule has 4 aromatic rings. The molecular formula is C25H17ClF2N4O3. The molecule has 2 N–H and O–H groups in total. The molecule has 0 unspecified atom stereocenters. The fourth-order valence-electron chi connectivity index (χ4n) is 3.77. The fourth-order valence-corrected chi connectivity index (χ4v) is 3.92. The number of carbonyl (C=O) groups excluding carboxylic acids is 2. The molecule has 2 aromatic carbocycles. The number of ether oxygens (including phenoxy) is 1. The molecule has 1 aliphatic rings. The molecule has 1 aliphatic carbocycles. The average Bonchev–Trinajstić information content (AvgIpc) is 3.64. The maximum atomic E-state index is 15.2. The van der Waals surface area contributed by atoms with Crippen LogP contribution in [0.2, 0.25) is 5.02 Å². The lowest BCUT2D eigenvalue weighted by atomic mass is 10.0. The van der Waals surface area contributed by atoms with Crippen LogP contribution in [0, 0.1) is 17.0 Å². The quantitative estimate of drug-likeness (QED) is 0.367. The van der Waals surface area contributed by atoms with Crippen molar-refractivity contribution in [3.63, 3.8) is 0 Å². The zero-order valence-electron chi connectivity index (χ0n) is 18.0. The number of hydrogen-bond acceptors (Lipinski definition) is 5. The zero-order valence-corrected chi connectivity index (χ0v) is 18.8. The molecule has 2 amide bonds. The van der Waals surface area contributed by atoms with Crippen molar-refractivity contribution in [3.05, 3.63) is 83.6 Å². The van der Waals surface area contributed by atoms with Gasteiger partial charge in [0.25, 0.3) is 0 Å². The molecule has 0 spiro atoms. The molecule has 0 aliphatic heterocycles. The summed E-state index contributed by atoms with van der Waals surface area (Å²) in [7, 11) is 0. The normalized spacial score (nSPS) is 13.9. The van der Waals surface area contributed by atoms with Crippen LogP contribution in [-0.2, 0) is 9.59 Å². The third-order valence-electron chi connectivity index (χ3n) is 5.82. The van der Waals surface area contributed by atoms with Gasteiger partial charge in [-0.2, -0.15) is 0 Å². The summed E-state index contributed by atoms with van der Waals surface area (Å²) in [5, 5.41) is 0.396. The molecule has 2 aromatic heterocycles. The Balaban J connectivity index is 1.52. The first-order chi connectivity index (χ1) is 16.8. The highest BCUT2D eigenvalue weighted by Crippen LogP contribution is 2.49. The van der Waals surface area contributed by atoms with Crippen LogP contribution in [0.3, 0.4) is 0 Å². The lowest BCUT2D eigenvalue weighted by molar-refractivity contribution is -0.133. The number of aromatic nitrogens is 2. The van der Waals surface area contributed by atoms with Crippen LogP contribution in [0.5, 0.6) is 11.5 Å².